The lowest BCUT2D eigenvalue weighted by Gasteiger charge is -2.14. The van der Waals surface area contributed by atoms with Crippen molar-refractivity contribution in [1.82, 2.24) is 0 Å². The lowest BCUT2D eigenvalue weighted by molar-refractivity contribution is 0.102. The summed E-state index contributed by atoms with van der Waals surface area (Å²) in [5.41, 5.74) is 3.44. The fraction of sp³-hybridized carbons (Fsp3) is 0.278. The van der Waals surface area contributed by atoms with Crippen LogP contribution in [0.25, 0.3) is 0 Å². The van der Waals surface area contributed by atoms with Gasteiger partial charge in [0.05, 0.1) is 14.2 Å². The molecule has 0 atom stereocenters. The van der Waals surface area contributed by atoms with E-state index in [1.165, 1.54) is 0 Å². The molecule has 4 heteroatoms. The van der Waals surface area contributed by atoms with Crippen LogP contribution in [-0.4, -0.2) is 20.1 Å². The zero-order valence-electron chi connectivity index (χ0n) is 13.4. The number of nitrogens with one attached hydrogen (secondary N) is 1. The second kappa shape index (κ2) is 6.98. The predicted molar refractivity (Wildman–Crippen MR) is 88.1 cm³/mol. The second-order valence-electron chi connectivity index (χ2n) is 5.04. The minimum absolute atomic E-state index is 0.151. The molecule has 22 heavy (non-hydrogen) atoms. The zero-order valence-corrected chi connectivity index (χ0v) is 13.4. The molecule has 0 radical (unpaired) electrons. The third-order valence-corrected chi connectivity index (χ3v) is 3.54. The van der Waals surface area contributed by atoms with E-state index < -0.39 is 0 Å². The van der Waals surface area contributed by atoms with Gasteiger partial charge in [-0.05, 0) is 43.2 Å². The minimum Gasteiger partial charge on any atom is -0.493 e. The van der Waals surface area contributed by atoms with Gasteiger partial charge in [0.2, 0.25) is 0 Å². The van der Waals surface area contributed by atoms with Crippen molar-refractivity contribution < 1.29 is 14.3 Å². The molecule has 2 aromatic carbocycles. The van der Waals surface area contributed by atoms with Crippen LogP contribution >= 0.6 is 0 Å². The number of hydrogen-bond donors (Lipinski definition) is 1. The summed E-state index contributed by atoms with van der Waals surface area (Å²) in [7, 11) is 3.15. The van der Waals surface area contributed by atoms with Crippen molar-refractivity contribution in [2.24, 2.45) is 0 Å². The van der Waals surface area contributed by atoms with Gasteiger partial charge >= 0.3 is 0 Å². The largest absolute Gasteiger partial charge is 0.493 e. The molecule has 0 unspecified atom stereocenters. The molecule has 0 bridgehead atoms. The van der Waals surface area contributed by atoms with Gasteiger partial charge in [0.1, 0.15) is 0 Å². The van der Waals surface area contributed by atoms with Crippen LogP contribution in [0.5, 0.6) is 11.5 Å². The van der Waals surface area contributed by atoms with Gasteiger partial charge in [0.25, 0.3) is 5.91 Å². The van der Waals surface area contributed by atoms with E-state index in [9.17, 15) is 4.79 Å². The van der Waals surface area contributed by atoms with Gasteiger partial charge in [-0.25, -0.2) is 0 Å². The summed E-state index contributed by atoms with van der Waals surface area (Å²) in [4.78, 5) is 12.5. The molecule has 0 aliphatic heterocycles. The summed E-state index contributed by atoms with van der Waals surface area (Å²) in [5, 5.41) is 2.91. The number of carbonyl (C=O) groups excluding carboxylic acids is 1. The predicted octanol–water partition coefficient (Wildman–Crippen LogP) is 3.83. The highest BCUT2D eigenvalue weighted by Gasteiger charge is 2.16. The Balaban J connectivity index is 2.33. The van der Waals surface area contributed by atoms with Crippen LogP contribution in [0, 0.1) is 6.92 Å². The Kier molecular flexibility index (Phi) is 5.04. The van der Waals surface area contributed by atoms with Crippen LogP contribution in [0.15, 0.2) is 36.4 Å². The van der Waals surface area contributed by atoms with Crippen molar-refractivity contribution in [1.29, 1.82) is 0 Å². The fourth-order valence-electron chi connectivity index (χ4n) is 2.26. The van der Waals surface area contributed by atoms with Crippen LogP contribution in [0.1, 0.15) is 28.4 Å². The molecule has 2 aromatic rings. The van der Waals surface area contributed by atoms with Crippen molar-refractivity contribution in [3.8, 4) is 11.5 Å². The van der Waals surface area contributed by atoms with Crippen LogP contribution in [0.2, 0.25) is 0 Å². The first kappa shape index (κ1) is 15.9. The summed E-state index contributed by atoms with van der Waals surface area (Å²) in [6, 6.07) is 11.3. The molecule has 2 rings (SSSR count). The van der Waals surface area contributed by atoms with Crippen molar-refractivity contribution in [3.05, 3.63) is 53.1 Å². The SMILES string of the molecule is CCc1cc(OC)c(OC)cc1C(=O)Nc1ccc(C)cc1. The van der Waals surface area contributed by atoms with Crippen molar-refractivity contribution in [2.45, 2.75) is 20.3 Å². The Morgan fingerprint density at radius 3 is 2.18 bits per heavy atom. The number of amides is 1. The summed E-state index contributed by atoms with van der Waals surface area (Å²) >= 11 is 0. The first-order chi connectivity index (χ1) is 10.6. The number of carbonyl (C=O) groups is 1. The quantitative estimate of drug-likeness (QED) is 0.913. The number of ether oxygens (including phenoxy) is 2. The van der Waals surface area contributed by atoms with Gasteiger partial charge in [0.15, 0.2) is 11.5 Å². The van der Waals surface area contributed by atoms with E-state index in [-0.39, 0.29) is 5.91 Å². The average molecular weight is 299 g/mol. The molecular formula is C18H21NO3. The van der Waals surface area contributed by atoms with Crippen molar-refractivity contribution >= 4 is 11.6 Å². The smallest absolute Gasteiger partial charge is 0.256 e. The molecule has 0 heterocycles. The Hall–Kier alpha value is -2.49. The Morgan fingerprint density at radius 1 is 1.05 bits per heavy atom. The molecule has 0 saturated heterocycles. The standard InChI is InChI=1S/C18H21NO3/c1-5-13-10-16(21-3)17(22-4)11-15(13)18(20)19-14-8-6-12(2)7-9-14/h6-11H,5H2,1-4H3,(H,19,20). The molecule has 0 fully saturated rings. The Labute approximate surface area is 131 Å². The van der Waals surface area contributed by atoms with Gasteiger partial charge in [-0.3, -0.25) is 4.79 Å². The van der Waals surface area contributed by atoms with E-state index in [1.54, 1.807) is 20.3 Å². The van der Waals surface area contributed by atoms with Gasteiger partial charge < -0.3 is 14.8 Å². The first-order valence-electron chi connectivity index (χ1n) is 7.22. The van der Waals surface area contributed by atoms with Crippen LogP contribution in [0.3, 0.4) is 0 Å². The van der Waals surface area contributed by atoms with Crippen molar-refractivity contribution in [3.63, 3.8) is 0 Å². The van der Waals surface area contributed by atoms with Crippen molar-refractivity contribution in [2.75, 3.05) is 19.5 Å². The summed E-state index contributed by atoms with van der Waals surface area (Å²) < 4.78 is 10.6. The number of aryl methyl sites for hydroxylation is 2. The van der Waals surface area contributed by atoms with Gasteiger partial charge in [-0.2, -0.15) is 0 Å². The molecule has 116 valence electrons. The Morgan fingerprint density at radius 2 is 1.64 bits per heavy atom. The summed E-state index contributed by atoms with van der Waals surface area (Å²) in [6.07, 6.45) is 0.733. The molecular weight excluding hydrogens is 278 g/mol. The molecule has 0 aliphatic rings. The average Bonchev–Trinajstić information content (AvgIpc) is 2.55. The molecule has 0 saturated carbocycles. The topological polar surface area (TPSA) is 47.6 Å². The molecule has 0 aliphatic carbocycles. The number of methoxy groups -OCH3 is 2. The highest BCUT2D eigenvalue weighted by atomic mass is 16.5. The number of benzene rings is 2. The Bertz CT molecular complexity index is 663. The zero-order chi connectivity index (χ0) is 16.1. The van der Waals surface area contributed by atoms with Gasteiger partial charge in [-0.1, -0.05) is 24.6 Å². The van der Waals surface area contributed by atoms with Crippen LogP contribution < -0.4 is 14.8 Å². The molecule has 1 N–H and O–H groups in total. The minimum atomic E-state index is -0.151. The maximum absolute atomic E-state index is 12.5. The van der Waals surface area contributed by atoms with Crippen LogP contribution in [0.4, 0.5) is 5.69 Å². The van der Waals surface area contributed by atoms with Crippen LogP contribution in [-0.2, 0) is 6.42 Å². The van der Waals surface area contributed by atoms with E-state index in [1.807, 2.05) is 44.2 Å². The van der Waals surface area contributed by atoms with Gasteiger partial charge in [0, 0.05) is 11.3 Å². The highest BCUT2D eigenvalue weighted by Crippen LogP contribution is 2.31. The molecule has 4 nitrogen and oxygen atoms in total. The maximum Gasteiger partial charge on any atom is 0.256 e. The van der Waals surface area contributed by atoms with E-state index in [4.69, 9.17) is 9.47 Å². The van der Waals surface area contributed by atoms with E-state index >= 15 is 0 Å². The number of hydrogen-bond acceptors (Lipinski definition) is 3. The normalized spacial score (nSPS) is 10.2. The third kappa shape index (κ3) is 3.39. The number of anilines is 1. The van der Waals surface area contributed by atoms with E-state index in [2.05, 4.69) is 5.32 Å². The van der Waals surface area contributed by atoms with Gasteiger partial charge in [-0.15, -0.1) is 0 Å². The number of rotatable bonds is 5. The molecule has 0 aromatic heterocycles. The molecule has 1 amide bonds. The monoisotopic (exact) mass is 299 g/mol. The third-order valence-electron chi connectivity index (χ3n) is 3.54. The van der Waals surface area contributed by atoms with E-state index in [0.29, 0.717) is 17.1 Å². The lowest BCUT2D eigenvalue weighted by Crippen LogP contribution is -2.14. The first-order valence-corrected chi connectivity index (χ1v) is 7.22. The highest BCUT2D eigenvalue weighted by molar-refractivity contribution is 6.05. The second-order valence-corrected chi connectivity index (χ2v) is 5.04. The fourth-order valence-corrected chi connectivity index (χ4v) is 2.26. The lowest BCUT2D eigenvalue weighted by atomic mass is 10.0. The maximum atomic E-state index is 12.5. The molecule has 0 spiro atoms. The van der Waals surface area contributed by atoms with E-state index in [0.717, 1.165) is 23.2 Å². The summed E-state index contributed by atoms with van der Waals surface area (Å²) in [6.45, 7) is 4.01. The summed E-state index contributed by atoms with van der Waals surface area (Å²) in [5.74, 6) is 1.03.